The van der Waals surface area contributed by atoms with Crippen molar-refractivity contribution in [3.8, 4) is 0 Å². The molecule has 82 valence electrons. The number of ether oxygens (including phenoxy) is 1. The second-order valence-electron chi connectivity index (χ2n) is 3.25. The molecular weight excluding hydrogens is 209 g/mol. The van der Waals surface area contributed by atoms with E-state index < -0.39 is 5.97 Å². The highest BCUT2D eigenvalue weighted by Crippen LogP contribution is 2.17. The van der Waals surface area contributed by atoms with Crippen molar-refractivity contribution in [1.29, 1.82) is 0 Å². The molecule has 3 nitrogen and oxygen atoms in total. The van der Waals surface area contributed by atoms with Gasteiger partial charge in [-0.15, -0.1) is 0 Å². The molecule has 1 heterocycles. The van der Waals surface area contributed by atoms with Gasteiger partial charge in [-0.1, -0.05) is 12.1 Å². The number of pyridine rings is 1. The number of aromatic nitrogens is 1. The van der Waals surface area contributed by atoms with Crippen molar-refractivity contribution in [3.05, 3.63) is 42.0 Å². The van der Waals surface area contributed by atoms with Gasteiger partial charge in [-0.25, -0.2) is 14.2 Å². The summed E-state index contributed by atoms with van der Waals surface area (Å²) in [6.07, 6.45) is 1.46. The zero-order valence-corrected chi connectivity index (χ0v) is 8.74. The fraction of sp³-hybridized carbons (Fsp3) is 0.167. The van der Waals surface area contributed by atoms with Crippen LogP contribution in [0.4, 0.5) is 4.39 Å². The summed E-state index contributed by atoms with van der Waals surface area (Å²) in [5.41, 5.74) is 0.124. The highest BCUT2D eigenvalue weighted by molar-refractivity contribution is 5.93. The number of nitrogens with zero attached hydrogens (tertiary/aromatic N) is 1. The van der Waals surface area contributed by atoms with Crippen LogP contribution in [-0.2, 0) is 4.74 Å². The molecule has 0 unspecified atom stereocenters. The van der Waals surface area contributed by atoms with Gasteiger partial charge in [0.1, 0.15) is 11.5 Å². The van der Waals surface area contributed by atoms with Crippen LogP contribution in [0.1, 0.15) is 17.4 Å². The third kappa shape index (κ3) is 1.86. The Balaban J connectivity index is 2.51. The second-order valence-corrected chi connectivity index (χ2v) is 3.25. The van der Waals surface area contributed by atoms with E-state index in [-0.39, 0.29) is 18.1 Å². The Morgan fingerprint density at radius 2 is 2.31 bits per heavy atom. The van der Waals surface area contributed by atoms with Crippen LogP contribution >= 0.6 is 0 Å². The van der Waals surface area contributed by atoms with Crippen LogP contribution in [0.15, 0.2) is 30.5 Å². The van der Waals surface area contributed by atoms with Crippen molar-refractivity contribution >= 4 is 16.7 Å². The summed E-state index contributed by atoms with van der Waals surface area (Å²) in [5, 5.41) is 1.04. The number of halogens is 1. The summed E-state index contributed by atoms with van der Waals surface area (Å²) in [6.45, 7) is 1.98. The van der Waals surface area contributed by atoms with Crippen molar-refractivity contribution in [2.45, 2.75) is 6.92 Å². The summed E-state index contributed by atoms with van der Waals surface area (Å²) in [7, 11) is 0. The number of fused-ring (bicyclic) bond motifs is 1. The predicted molar refractivity (Wildman–Crippen MR) is 57.7 cm³/mol. The lowest BCUT2D eigenvalue weighted by Crippen LogP contribution is -2.06. The Morgan fingerprint density at radius 1 is 1.50 bits per heavy atom. The Morgan fingerprint density at radius 3 is 3.06 bits per heavy atom. The van der Waals surface area contributed by atoms with Crippen molar-refractivity contribution < 1.29 is 13.9 Å². The zero-order valence-electron chi connectivity index (χ0n) is 8.74. The van der Waals surface area contributed by atoms with E-state index in [1.165, 1.54) is 18.3 Å². The topological polar surface area (TPSA) is 39.2 Å². The van der Waals surface area contributed by atoms with Crippen molar-refractivity contribution in [2.24, 2.45) is 0 Å². The van der Waals surface area contributed by atoms with Gasteiger partial charge >= 0.3 is 5.97 Å². The molecule has 1 aromatic heterocycles. The monoisotopic (exact) mass is 219 g/mol. The molecule has 0 aliphatic rings. The van der Waals surface area contributed by atoms with Crippen LogP contribution in [0.3, 0.4) is 0 Å². The van der Waals surface area contributed by atoms with Gasteiger partial charge in [0.05, 0.1) is 6.61 Å². The Labute approximate surface area is 91.9 Å². The fourth-order valence-corrected chi connectivity index (χ4v) is 1.45. The van der Waals surface area contributed by atoms with Crippen LogP contribution < -0.4 is 0 Å². The smallest absolute Gasteiger partial charge is 0.356 e. The molecule has 0 fully saturated rings. The molecule has 16 heavy (non-hydrogen) atoms. The SMILES string of the molecule is CCOC(=O)c1cc2c(F)cccc2cn1. The maximum Gasteiger partial charge on any atom is 0.356 e. The first-order valence-electron chi connectivity index (χ1n) is 4.93. The first-order chi connectivity index (χ1) is 7.72. The molecule has 0 saturated carbocycles. The van der Waals surface area contributed by atoms with E-state index >= 15 is 0 Å². The maximum absolute atomic E-state index is 13.4. The van der Waals surface area contributed by atoms with Gasteiger partial charge in [0.25, 0.3) is 0 Å². The van der Waals surface area contributed by atoms with E-state index in [1.54, 1.807) is 19.1 Å². The molecule has 0 spiro atoms. The molecule has 2 aromatic rings. The van der Waals surface area contributed by atoms with E-state index in [2.05, 4.69) is 4.98 Å². The van der Waals surface area contributed by atoms with Gasteiger partial charge in [-0.3, -0.25) is 0 Å². The number of carbonyl (C=O) groups excluding carboxylic acids is 1. The van der Waals surface area contributed by atoms with Crippen LogP contribution in [-0.4, -0.2) is 17.6 Å². The number of rotatable bonds is 2. The van der Waals surface area contributed by atoms with Crippen molar-refractivity contribution in [3.63, 3.8) is 0 Å². The van der Waals surface area contributed by atoms with Gasteiger partial charge in [0, 0.05) is 17.0 Å². The van der Waals surface area contributed by atoms with E-state index in [9.17, 15) is 9.18 Å². The lowest BCUT2D eigenvalue weighted by Gasteiger charge is -2.03. The van der Waals surface area contributed by atoms with Gasteiger partial charge in [-0.2, -0.15) is 0 Å². The standard InChI is InChI=1S/C12H10FNO2/c1-2-16-12(15)11-6-9-8(7-14-11)4-3-5-10(9)13/h3-7H,2H2,1H3. The first-order valence-corrected chi connectivity index (χ1v) is 4.93. The van der Waals surface area contributed by atoms with E-state index in [0.717, 1.165) is 0 Å². The summed E-state index contributed by atoms with van der Waals surface area (Å²) >= 11 is 0. The highest BCUT2D eigenvalue weighted by Gasteiger charge is 2.10. The first kappa shape index (κ1) is 10.5. The third-order valence-electron chi connectivity index (χ3n) is 2.19. The van der Waals surface area contributed by atoms with E-state index in [4.69, 9.17) is 4.74 Å². The molecule has 4 heteroatoms. The molecule has 0 bridgehead atoms. The lowest BCUT2D eigenvalue weighted by atomic mass is 10.1. The lowest BCUT2D eigenvalue weighted by molar-refractivity contribution is 0.0520. The van der Waals surface area contributed by atoms with Crippen LogP contribution in [0.25, 0.3) is 10.8 Å². The summed E-state index contributed by atoms with van der Waals surface area (Å²) in [5.74, 6) is -0.905. The third-order valence-corrected chi connectivity index (χ3v) is 2.19. The summed E-state index contributed by atoms with van der Waals surface area (Å²) in [6, 6.07) is 6.09. The molecular formula is C12H10FNO2. The molecule has 0 radical (unpaired) electrons. The second kappa shape index (κ2) is 4.26. The number of esters is 1. The van der Waals surface area contributed by atoms with Gasteiger partial charge in [0.2, 0.25) is 0 Å². The van der Waals surface area contributed by atoms with Crippen molar-refractivity contribution in [2.75, 3.05) is 6.61 Å². The van der Waals surface area contributed by atoms with Crippen LogP contribution in [0.5, 0.6) is 0 Å². The van der Waals surface area contributed by atoms with Gasteiger partial charge < -0.3 is 4.74 Å². The minimum atomic E-state index is -0.535. The number of carbonyl (C=O) groups is 1. The minimum absolute atomic E-state index is 0.124. The van der Waals surface area contributed by atoms with Crippen molar-refractivity contribution in [1.82, 2.24) is 4.98 Å². The fourth-order valence-electron chi connectivity index (χ4n) is 1.45. The maximum atomic E-state index is 13.4. The molecule has 2 rings (SSSR count). The average molecular weight is 219 g/mol. The Kier molecular flexibility index (Phi) is 2.81. The zero-order chi connectivity index (χ0) is 11.5. The quantitative estimate of drug-likeness (QED) is 0.728. The van der Waals surface area contributed by atoms with E-state index in [1.807, 2.05) is 0 Å². The Hall–Kier alpha value is -1.97. The van der Waals surface area contributed by atoms with Crippen LogP contribution in [0.2, 0.25) is 0 Å². The Bertz CT molecular complexity index is 540. The molecule has 0 saturated heterocycles. The number of benzene rings is 1. The molecule has 0 amide bonds. The molecule has 0 aliphatic heterocycles. The highest BCUT2D eigenvalue weighted by atomic mass is 19.1. The summed E-state index contributed by atoms with van der Waals surface area (Å²) in [4.78, 5) is 15.3. The molecule has 0 atom stereocenters. The summed E-state index contributed by atoms with van der Waals surface area (Å²) < 4.78 is 18.2. The molecule has 0 aliphatic carbocycles. The number of hydrogen-bond donors (Lipinski definition) is 0. The predicted octanol–water partition coefficient (Wildman–Crippen LogP) is 2.55. The van der Waals surface area contributed by atoms with E-state index in [0.29, 0.717) is 10.8 Å². The average Bonchev–Trinajstić information content (AvgIpc) is 2.29. The van der Waals surface area contributed by atoms with Crippen LogP contribution in [0, 0.1) is 5.82 Å². The largest absolute Gasteiger partial charge is 0.461 e. The molecule has 0 N–H and O–H groups in total. The van der Waals surface area contributed by atoms with Gasteiger partial charge in [-0.05, 0) is 19.1 Å². The minimum Gasteiger partial charge on any atom is -0.461 e. The molecule has 1 aromatic carbocycles. The number of hydrogen-bond acceptors (Lipinski definition) is 3. The normalized spacial score (nSPS) is 10.4. The van der Waals surface area contributed by atoms with Gasteiger partial charge in [0.15, 0.2) is 0 Å².